The van der Waals surface area contributed by atoms with Crippen molar-refractivity contribution in [1.82, 2.24) is 5.32 Å². The third-order valence-electron chi connectivity index (χ3n) is 2.56. The lowest BCUT2D eigenvalue weighted by atomic mass is 10.1. The van der Waals surface area contributed by atoms with E-state index in [0.29, 0.717) is 11.6 Å². The molecule has 0 saturated heterocycles. The van der Waals surface area contributed by atoms with Gasteiger partial charge in [-0.3, -0.25) is 4.79 Å². The van der Waals surface area contributed by atoms with Crippen molar-refractivity contribution in [1.29, 1.82) is 0 Å². The highest BCUT2D eigenvalue weighted by Gasteiger charge is 2.07. The summed E-state index contributed by atoms with van der Waals surface area (Å²) in [6, 6.07) is 11.1. The summed E-state index contributed by atoms with van der Waals surface area (Å²) in [4.78, 5) is 11.7. The number of hydrogen-bond donors (Lipinski definition) is 1. The maximum Gasteiger partial charge on any atom is 0.224 e. The lowest BCUT2D eigenvalue weighted by Crippen LogP contribution is -2.24. The van der Waals surface area contributed by atoms with Crippen LogP contribution >= 0.6 is 11.6 Å². The summed E-state index contributed by atoms with van der Waals surface area (Å²) in [5.74, 6) is 1.52. The summed E-state index contributed by atoms with van der Waals surface area (Å²) in [5.41, 5.74) is 0.826. The fourth-order valence-electron chi connectivity index (χ4n) is 1.64. The first kappa shape index (κ1) is 12.7. The second-order valence-corrected chi connectivity index (χ2v) is 4.46. The summed E-state index contributed by atoms with van der Waals surface area (Å²) < 4.78 is 5.37. The van der Waals surface area contributed by atoms with E-state index in [9.17, 15) is 4.79 Å². The van der Waals surface area contributed by atoms with Crippen molar-refractivity contribution in [2.45, 2.75) is 19.9 Å². The van der Waals surface area contributed by atoms with Crippen molar-refractivity contribution in [2.75, 3.05) is 0 Å². The Labute approximate surface area is 111 Å². The van der Waals surface area contributed by atoms with Gasteiger partial charge in [-0.15, -0.1) is 0 Å². The topological polar surface area (TPSA) is 42.2 Å². The van der Waals surface area contributed by atoms with Crippen LogP contribution in [0.3, 0.4) is 0 Å². The standard InChI is InChI=1S/C14H14ClNO2/c1-10-6-7-12(18-10)9-16-14(17)8-11-4-2-3-5-13(11)15/h2-7H,8-9H2,1H3,(H,16,17). The van der Waals surface area contributed by atoms with Gasteiger partial charge < -0.3 is 9.73 Å². The number of hydrogen-bond acceptors (Lipinski definition) is 2. The predicted molar refractivity (Wildman–Crippen MR) is 70.4 cm³/mol. The lowest BCUT2D eigenvalue weighted by Gasteiger charge is -2.05. The van der Waals surface area contributed by atoms with Gasteiger partial charge in [0.2, 0.25) is 5.91 Å². The van der Waals surface area contributed by atoms with E-state index < -0.39 is 0 Å². The van der Waals surface area contributed by atoms with Crippen LogP contribution in [0.4, 0.5) is 0 Å². The molecule has 1 heterocycles. The summed E-state index contributed by atoms with van der Waals surface area (Å²) in [5, 5.41) is 3.41. The normalized spacial score (nSPS) is 10.3. The van der Waals surface area contributed by atoms with E-state index in [1.54, 1.807) is 6.07 Å². The Morgan fingerprint density at radius 2 is 2.06 bits per heavy atom. The fraction of sp³-hybridized carbons (Fsp3) is 0.214. The van der Waals surface area contributed by atoms with Crippen molar-refractivity contribution in [3.8, 4) is 0 Å². The molecule has 2 aromatic rings. The van der Waals surface area contributed by atoms with Crippen LogP contribution in [0.25, 0.3) is 0 Å². The molecule has 0 aliphatic heterocycles. The second kappa shape index (κ2) is 5.74. The molecule has 2 rings (SSSR count). The number of furan rings is 1. The number of carbonyl (C=O) groups is 1. The molecule has 18 heavy (non-hydrogen) atoms. The van der Waals surface area contributed by atoms with Crippen LogP contribution in [-0.2, 0) is 17.8 Å². The Hall–Kier alpha value is -1.74. The molecule has 1 N–H and O–H groups in total. The number of halogens is 1. The zero-order valence-electron chi connectivity index (χ0n) is 10.1. The van der Waals surface area contributed by atoms with E-state index in [2.05, 4.69) is 5.32 Å². The van der Waals surface area contributed by atoms with Gasteiger partial charge in [-0.25, -0.2) is 0 Å². The molecule has 0 bridgehead atoms. The molecule has 0 aliphatic carbocycles. The van der Waals surface area contributed by atoms with E-state index in [1.807, 2.05) is 37.3 Å². The van der Waals surface area contributed by atoms with Crippen LogP contribution in [0.5, 0.6) is 0 Å². The van der Waals surface area contributed by atoms with Gasteiger partial charge >= 0.3 is 0 Å². The molecule has 0 radical (unpaired) electrons. The number of rotatable bonds is 4. The zero-order chi connectivity index (χ0) is 13.0. The quantitative estimate of drug-likeness (QED) is 0.921. The number of amides is 1. The Kier molecular flexibility index (Phi) is 4.05. The Morgan fingerprint density at radius 3 is 2.72 bits per heavy atom. The Balaban J connectivity index is 1.88. The van der Waals surface area contributed by atoms with Crippen LogP contribution in [0.2, 0.25) is 5.02 Å². The smallest absolute Gasteiger partial charge is 0.224 e. The third-order valence-corrected chi connectivity index (χ3v) is 2.93. The fourth-order valence-corrected chi connectivity index (χ4v) is 1.85. The van der Waals surface area contributed by atoms with E-state index in [-0.39, 0.29) is 12.3 Å². The Morgan fingerprint density at radius 1 is 1.28 bits per heavy atom. The highest BCUT2D eigenvalue weighted by molar-refractivity contribution is 6.31. The molecule has 0 spiro atoms. The monoisotopic (exact) mass is 263 g/mol. The minimum atomic E-state index is -0.0721. The van der Waals surface area contributed by atoms with Gasteiger partial charge in [-0.05, 0) is 30.7 Å². The van der Waals surface area contributed by atoms with E-state index in [4.69, 9.17) is 16.0 Å². The van der Waals surface area contributed by atoms with Crippen LogP contribution in [0, 0.1) is 6.92 Å². The van der Waals surface area contributed by atoms with E-state index >= 15 is 0 Å². The molecule has 0 unspecified atom stereocenters. The summed E-state index contributed by atoms with van der Waals surface area (Å²) in [6.07, 6.45) is 0.277. The van der Waals surface area contributed by atoms with Gasteiger partial charge in [0.1, 0.15) is 11.5 Å². The van der Waals surface area contributed by atoms with Crippen molar-refractivity contribution >= 4 is 17.5 Å². The average molecular weight is 264 g/mol. The molecule has 1 amide bonds. The highest BCUT2D eigenvalue weighted by atomic mass is 35.5. The molecule has 1 aromatic carbocycles. The number of benzene rings is 1. The maximum absolute atomic E-state index is 11.7. The largest absolute Gasteiger partial charge is 0.465 e. The lowest BCUT2D eigenvalue weighted by molar-refractivity contribution is -0.120. The number of carbonyl (C=O) groups excluding carboxylic acids is 1. The van der Waals surface area contributed by atoms with Gasteiger partial charge in [-0.2, -0.15) is 0 Å². The molecular weight excluding hydrogens is 250 g/mol. The molecular formula is C14H14ClNO2. The van der Waals surface area contributed by atoms with Crippen molar-refractivity contribution in [2.24, 2.45) is 0 Å². The van der Waals surface area contributed by atoms with Gasteiger partial charge in [0.15, 0.2) is 0 Å². The minimum absolute atomic E-state index is 0.0721. The molecule has 94 valence electrons. The summed E-state index contributed by atoms with van der Waals surface area (Å²) in [6.45, 7) is 2.27. The number of aryl methyl sites for hydroxylation is 1. The van der Waals surface area contributed by atoms with E-state index in [0.717, 1.165) is 17.1 Å². The number of nitrogens with one attached hydrogen (secondary N) is 1. The third kappa shape index (κ3) is 3.37. The molecule has 4 heteroatoms. The van der Waals surface area contributed by atoms with Crippen molar-refractivity contribution < 1.29 is 9.21 Å². The van der Waals surface area contributed by atoms with Crippen molar-refractivity contribution in [3.05, 3.63) is 58.5 Å². The van der Waals surface area contributed by atoms with Crippen molar-refractivity contribution in [3.63, 3.8) is 0 Å². The highest BCUT2D eigenvalue weighted by Crippen LogP contribution is 2.15. The molecule has 1 aromatic heterocycles. The Bertz CT molecular complexity index is 548. The zero-order valence-corrected chi connectivity index (χ0v) is 10.8. The molecule has 0 saturated carbocycles. The van der Waals surface area contributed by atoms with Gasteiger partial charge in [-0.1, -0.05) is 29.8 Å². The average Bonchev–Trinajstić information content (AvgIpc) is 2.76. The van der Waals surface area contributed by atoms with Gasteiger partial charge in [0.25, 0.3) is 0 Å². The molecule has 0 aliphatic rings. The first-order valence-electron chi connectivity index (χ1n) is 5.70. The molecule has 3 nitrogen and oxygen atoms in total. The predicted octanol–water partition coefficient (Wildman–Crippen LogP) is 3.10. The second-order valence-electron chi connectivity index (χ2n) is 4.06. The van der Waals surface area contributed by atoms with Gasteiger partial charge in [0.05, 0.1) is 13.0 Å². The minimum Gasteiger partial charge on any atom is -0.465 e. The van der Waals surface area contributed by atoms with Crippen LogP contribution in [-0.4, -0.2) is 5.91 Å². The van der Waals surface area contributed by atoms with Gasteiger partial charge in [0, 0.05) is 5.02 Å². The maximum atomic E-state index is 11.7. The summed E-state index contributed by atoms with van der Waals surface area (Å²) >= 11 is 5.99. The SMILES string of the molecule is Cc1ccc(CNC(=O)Cc2ccccc2Cl)o1. The molecule has 0 atom stereocenters. The first-order valence-corrected chi connectivity index (χ1v) is 6.08. The van der Waals surface area contributed by atoms with Crippen LogP contribution in [0.1, 0.15) is 17.1 Å². The van der Waals surface area contributed by atoms with Crippen LogP contribution < -0.4 is 5.32 Å². The first-order chi connectivity index (χ1) is 8.65. The summed E-state index contributed by atoms with van der Waals surface area (Å²) in [7, 11) is 0. The van der Waals surface area contributed by atoms with E-state index in [1.165, 1.54) is 0 Å². The molecule has 0 fully saturated rings. The van der Waals surface area contributed by atoms with Crippen LogP contribution in [0.15, 0.2) is 40.8 Å².